The molecule has 21 heavy (non-hydrogen) atoms. The van der Waals surface area contributed by atoms with Crippen LogP contribution in [0.15, 0.2) is 29.4 Å². The number of unbranched alkanes of at least 4 members (excludes halogenated alkanes) is 1. The van der Waals surface area contributed by atoms with E-state index in [2.05, 4.69) is 23.2 Å². The van der Waals surface area contributed by atoms with Crippen molar-refractivity contribution in [3.8, 4) is 0 Å². The van der Waals surface area contributed by atoms with Crippen molar-refractivity contribution < 1.29 is 5.21 Å². The molecule has 4 nitrogen and oxygen atoms in total. The average Bonchev–Trinajstić information content (AvgIpc) is 2.42. The van der Waals surface area contributed by atoms with E-state index >= 15 is 0 Å². The number of amidine groups is 1. The number of benzene rings is 1. The van der Waals surface area contributed by atoms with Crippen molar-refractivity contribution in [2.24, 2.45) is 16.3 Å². The van der Waals surface area contributed by atoms with Gasteiger partial charge in [-0.1, -0.05) is 49.2 Å². The van der Waals surface area contributed by atoms with Crippen molar-refractivity contribution in [1.82, 2.24) is 4.90 Å². The maximum Gasteiger partial charge on any atom is 0.144 e. The summed E-state index contributed by atoms with van der Waals surface area (Å²) in [4.78, 5) is 2.28. The molecule has 0 spiro atoms. The van der Waals surface area contributed by atoms with Gasteiger partial charge in [-0.2, -0.15) is 0 Å². The minimum atomic E-state index is -0.250. The third-order valence-corrected chi connectivity index (χ3v) is 3.97. The maximum absolute atomic E-state index is 8.75. The lowest BCUT2D eigenvalue weighted by Crippen LogP contribution is -2.32. The Labute approximate surface area is 132 Å². The van der Waals surface area contributed by atoms with Crippen LogP contribution in [0.2, 0.25) is 5.02 Å². The first-order chi connectivity index (χ1) is 9.85. The van der Waals surface area contributed by atoms with Crippen LogP contribution >= 0.6 is 11.6 Å². The fraction of sp³-hybridized carbons (Fsp3) is 0.562. The Hall–Kier alpha value is -1.26. The van der Waals surface area contributed by atoms with Crippen LogP contribution in [0.1, 0.15) is 38.7 Å². The Kier molecular flexibility index (Phi) is 6.99. The Morgan fingerprint density at radius 1 is 1.38 bits per heavy atom. The number of rotatable bonds is 8. The van der Waals surface area contributed by atoms with Gasteiger partial charge in [-0.05, 0) is 44.1 Å². The molecule has 0 unspecified atom stereocenters. The van der Waals surface area contributed by atoms with E-state index in [0.29, 0.717) is 5.84 Å². The van der Waals surface area contributed by atoms with Crippen LogP contribution < -0.4 is 5.73 Å². The minimum absolute atomic E-state index is 0.250. The van der Waals surface area contributed by atoms with E-state index in [9.17, 15) is 0 Å². The van der Waals surface area contributed by atoms with Crippen molar-refractivity contribution in [3.63, 3.8) is 0 Å². The van der Waals surface area contributed by atoms with Gasteiger partial charge in [-0.3, -0.25) is 0 Å². The van der Waals surface area contributed by atoms with Crippen LogP contribution in [-0.4, -0.2) is 29.5 Å². The molecule has 0 heterocycles. The molecular formula is C16H26ClN3O. The minimum Gasteiger partial charge on any atom is -0.409 e. The van der Waals surface area contributed by atoms with Crippen LogP contribution in [0.3, 0.4) is 0 Å². The second-order valence-corrected chi connectivity index (χ2v) is 6.63. The largest absolute Gasteiger partial charge is 0.409 e. The van der Waals surface area contributed by atoms with E-state index in [4.69, 9.17) is 22.5 Å². The van der Waals surface area contributed by atoms with Crippen molar-refractivity contribution >= 4 is 17.4 Å². The summed E-state index contributed by atoms with van der Waals surface area (Å²) in [6.07, 6.45) is 3.04. The molecule has 0 aliphatic carbocycles. The number of nitrogens with zero attached hydrogens (tertiary/aromatic N) is 2. The maximum atomic E-state index is 8.75. The Bertz CT molecular complexity index is 474. The number of halogens is 1. The van der Waals surface area contributed by atoms with Gasteiger partial charge in [0.2, 0.25) is 0 Å². The second-order valence-electron chi connectivity index (χ2n) is 6.19. The molecule has 0 radical (unpaired) electrons. The zero-order valence-corrected chi connectivity index (χ0v) is 13.9. The summed E-state index contributed by atoms with van der Waals surface area (Å²) < 4.78 is 0. The highest BCUT2D eigenvalue weighted by molar-refractivity contribution is 6.30. The fourth-order valence-electron chi connectivity index (χ4n) is 2.24. The van der Waals surface area contributed by atoms with Gasteiger partial charge < -0.3 is 15.8 Å². The lowest BCUT2D eigenvalue weighted by atomic mass is 9.86. The summed E-state index contributed by atoms with van der Waals surface area (Å²) in [5, 5.41) is 12.6. The Morgan fingerprint density at radius 3 is 2.71 bits per heavy atom. The Morgan fingerprint density at radius 2 is 2.10 bits per heavy atom. The smallest absolute Gasteiger partial charge is 0.144 e. The molecule has 0 amide bonds. The molecule has 0 aliphatic heterocycles. The number of oxime groups is 1. The van der Waals surface area contributed by atoms with Gasteiger partial charge in [0.05, 0.1) is 0 Å². The van der Waals surface area contributed by atoms with Gasteiger partial charge in [-0.15, -0.1) is 0 Å². The van der Waals surface area contributed by atoms with Gasteiger partial charge in [-0.25, -0.2) is 0 Å². The number of nitrogens with two attached hydrogens (primary N) is 1. The third kappa shape index (κ3) is 6.36. The van der Waals surface area contributed by atoms with Crippen molar-refractivity contribution in [1.29, 1.82) is 0 Å². The monoisotopic (exact) mass is 311 g/mol. The molecule has 0 aromatic heterocycles. The van der Waals surface area contributed by atoms with Crippen LogP contribution in [0.4, 0.5) is 0 Å². The lowest BCUT2D eigenvalue weighted by Gasteiger charge is -2.23. The highest BCUT2D eigenvalue weighted by Gasteiger charge is 2.22. The standard InChI is InChI=1S/C16H26ClN3O/c1-16(2,15(18)19-21)9-4-5-10-20(3)12-13-7-6-8-14(17)11-13/h6-8,11,21H,4-5,9-10,12H2,1-3H3,(H2,18,19). The molecule has 1 rings (SSSR count). The molecule has 118 valence electrons. The summed E-state index contributed by atoms with van der Waals surface area (Å²) in [5.74, 6) is 0.301. The first-order valence-corrected chi connectivity index (χ1v) is 7.64. The van der Waals surface area contributed by atoms with Crippen molar-refractivity contribution in [3.05, 3.63) is 34.9 Å². The normalized spacial score (nSPS) is 12.9. The van der Waals surface area contributed by atoms with E-state index < -0.39 is 0 Å². The molecule has 0 fully saturated rings. The fourth-order valence-corrected chi connectivity index (χ4v) is 2.45. The van der Waals surface area contributed by atoms with Crippen LogP contribution in [0.5, 0.6) is 0 Å². The molecule has 0 atom stereocenters. The van der Waals surface area contributed by atoms with Gasteiger partial charge in [0.25, 0.3) is 0 Å². The SMILES string of the molecule is CN(CCCCC(C)(C)/C(N)=N/O)Cc1cccc(Cl)c1. The molecule has 0 aliphatic rings. The first kappa shape index (κ1) is 17.8. The molecule has 1 aromatic carbocycles. The number of hydrogen-bond donors (Lipinski definition) is 2. The van der Waals surface area contributed by atoms with Crippen molar-refractivity contribution in [2.75, 3.05) is 13.6 Å². The summed E-state index contributed by atoms with van der Waals surface area (Å²) in [5.41, 5.74) is 6.66. The highest BCUT2D eigenvalue weighted by atomic mass is 35.5. The first-order valence-electron chi connectivity index (χ1n) is 7.26. The van der Waals surface area contributed by atoms with E-state index in [-0.39, 0.29) is 5.41 Å². The van der Waals surface area contributed by atoms with E-state index in [1.54, 1.807) is 0 Å². The van der Waals surface area contributed by atoms with E-state index in [1.807, 2.05) is 32.0 Å². The van der Waals surface area contributed by atoms with Crippen LogP contribution in [0.25, 0.3) is 0 Å². The van der Waals surface area contributed by atoms with Gasteiger partial charge in [0, 0.05) is 17.0 Å². The highest BCUT2D eigenvalue weighted by Crippen LogP contribution is 2.23. The number of hydrogen-bond acceptors (Lipinski definition) is 3. The summed E-state index contributed by atoms with van der Waals surface area (Å²) in [7, 11) is 2.11. The summed E-state index contributed by atoms with van der Waals surface area (Å²) in [6, 6.07) is 7.95. The quantitative estimate of drug-likeness (QED) is 0.253. The molecule has 0 saturated carbocycles. The van der Waals surface area contributed by atoms with Gasteiger partial charge in [0.1, 0.15) is 5.84 Å². The average molecular weight is 312 g/mol. The van der Waals surface area contributed by atoms with Crippen LogP contribution in [-0.2, 0) is 6.54 Å². The predicted molar refractivity (Wildman–Crippen MR) is 88.8 cm³/mol. The Balaban J connectivity index is 2.30. The second kappa shape index (κ2) is 8.25. The van der Waals surface area contributed by atoms with Gasteiger partial charge >= 0.3 is 0 Å². The van der Waals surface area contributed by atoms with Crippen LogP contribution in [0, 0.1) is 5.41 Å². The molecule has 0 saturated heterocycles. The molecule has 0 bridgehead atoms. The summed E-state index contributed by atoms with van der Waals surface area (Å²) >= 11 is 5.99. The molecule has 1 aromatic rings. The van der Waals surface area contributed by atoms with E-state index in [1.165, 1.54) is 5.56 Å². The van der Waals surface area contributed by atoms with E-state index in [0.717, 1.165) is 37.4 Å². The third-order valence-electron chi connectivity index (χ3n) is 3.73. The van der Waals surface area contributed by atoms with Gasteiger partial charge in [0.15, 0.2) is 0 Å². The zero-order valence-electron chi connectivity index (χ0n) is 13.1. The molecule has 5 heteroatoms. The van der Waals surface area contributed by atoms with Crippen molar-refractivity contribution in [2.45, 2.75) is 39.7 Å². The topological polar surface area (TPSA) is 61.8 Å². The predicted octanol–water partition coefficient (Wildman–Crippen LogP) is 3.71. The summed E-state index contributed by atoms with van der Waals surface area (Å²) in [6.45, 7) is 5.90. The lowest BCUT2D eigenvalue weighted by molar-refractivity contribution is 0.295. The zero-order chi connectivity index (χ0) is 15.9. The molecule has 3 N–H and O–H groups in total. The molecular weight excluding hydrogens is 286 g/mol.